The summed E-state index contributed by atoms with van der Waals surface area (Å²) in [6.07, 6.45) is 0.731. The number of ether oxygens (including phenoxy) is 1. The normalized spacial score (nSPS) is 10.8. The lowest BCUT2D eigenvalue weighted by Gasteiger charge is -2.12. The first-order chi connectivity index (χ1) is 12.4. The highest BCUT2D eigenvalue weighted by atomic mass is 35.5. The van der Waals surface area contributed by atoms with E-state index in [1.165, 1.54) is 6.07 Å². The smallest absolute Gasteiger partial charge is 0.344 e. The Morgan fingerprint density at radius 2 is 1.88 bits per heavy atom. The van der Waals surface area contributed by atoms with Crippen LogP contribution in [0.15, 0.2) is 42.5 Å². The Morgan fingerprint density at radius 3 is 2.58 bits per heavy atom. The Bertz CT molecular complexity index is 980. The number of halogens is 2. The fourth-order valence-electron chi connectivity index (χ4n) is 2.57. The van der Waals surface area contributed by atoms with Crippen molar-refractivity contribution in [2.75, 3.05) is 0 Å². The number of aryl methyl sites for hydroxylation is 2. The largest absolute Gasteiger partial charge is 0.404 e. The van der Waals surface area contributed by atoms with Crippen LogP contribution in [0.2, 0.25) is 10.0 Å². The number of aromatic nitrogens is 2. The Morgan fingerprint density at radius 1 is 1.12 bits per heavy atom. The summed E-state index contributed by atoms with van der Waals surface area (Å²) in [5, 5.41) is 5.26. The van der Waals surface area contributed by atoms with Crippen molar-refractivity contribution in [2.24, 2.45) is 0 Å². The topological polar surface area (TPSA) is 44.1 Å². The molecule has 0 saturated carbocycles. The van der Waals surface area contributed by atoms with Gasteiger partial charge in [0.05, 0.1) is 27.0 Å². The molecule has 0 aliphatic carbocycles. The van der Waals surface area contributed by atoms with Crippen LogP contribution in [0.5, 0.6) is 5.88 Å². The van der Waals surface area contributed by atoms with Crippen LogP contribution in [-0.4, -0.2) is 15.7 Å². The molecule has 0 atom stereocenters. The first-order valence-corrected chi connectivity index (χ1v) is 8.99. The third-order valence-corrected chi connectivity index (χ3v) is 4.99. The van der Waals surface area contributed by atoms with Crippen LogP contribution in [0.3, 0.4) is 0 Å². The maximum atomic E-state index is 12.5. The second kappa shape index (κ2) is 7.52. The Kier molecular flexibility index (Phi) is 5.35. The van der Waals surface area contributed by atoms with Gasteiger partial charge in [-0.05, 0) is 55.7 Å². The minimum Gasteiger partial charge on any atom is -0.404 e. The maximum absolute atomic E-state index is 12.5. The van der Waals surface area contributed by atoms with Gasteiger partial charge in [0.15, 0.2) is 0 Å². The molecule has 0 amide bonds. The van der Waals surface area contributed by atoms with E-state index in [0.29, 0.717) is 21.5 Å². The van der Waals surface area contributed by atoms with Crippen LogP contribution in [0.4, 0.5) is 0 Å². The van der Waals surface area contributed by atoms with Crippen LogP contribution in [0, 0.1) is 13.8 Å². The van der Waals surface area contributed by atoms with Crippen molar-refractivity contribution in [1.29, 1.82) is 0 Å². The highest BCUT2D eigenvalue weighted by Crippen LogP contribution is 2.26. The van der Waals surface area contributed by atoms with Crippen molar-refractivity contribution in [3.05, 3.63) is 74.9 Å². The van der Waals surface area contributed by atoms with E-state index in [1.54, 1.807) is 22.9 Å². The summed E-state index contributed by atoms with van der Waals surface area (Å²) in [6.45, 7) is 6.05. The number of hydrogen-bond acceptors (Lipinski definition) is 3. The molecular formula is C20H18Cl2N2O2. The van der Waals surface area contributed by atoms with Crippen LogP contribution in [-0.2, 0) is 6.42 Å². The summed E-state index contributed by atoms with van der Waals surface area (Å²) in [4.78, 5) is 12.5. The van der Waals surface area contributed by atoms with Crippen LogP contribution in [0.25, 0.3) is 5.69 Å². The average molecular weight is 389 g/mol. The molecule has 2 aromatic carbocycles. The molecule has 0 bridgehead atoms. The summed E-state index contributed by atoms with van der Waals surface area (Å²) >= 11 is 11.9. The summed E-state index contributed by atoms with van der Waals surface area (Å²) in [7, 11) is 0. The molecule has 26 heavy (non-hydrogen) atoms. The van der Waals surface area contributed by atoms with Gasteiger partial charge in [-0.1, -0.05) is 42.3 Å². The van der Waals surface area contributed by atoms with Crippen molar-refractivity contribution < 1.29 is 9.53 Å². The lowest BCUT2D eigenvalue weighted by molar-refractivity contribution is 0.0723. The highest BCUT2D eigenvalue weighted by Gasteiger charge is 2.17. The van der Waals surface area contributed by atoms with E-state index in [-0.39, 0.29) is 0 Å². The van der Waals surface area contributed by atoms with E-state index in [0.717, 1.165) is 28.9 Å². The monoisotopic (exact) mass is 388 g/mol. The van der Waals surface area contributed by atoms with Gasteiger partial charge in [0.1, 0.15) is 0 Å². The predicted molar refractivity (Wildman–Crippen MR) is 104 cm³/mol. The van der Waals surface area contributed by atoms with Gasteiger partial charge in [0.25, 0.3) is 0 Å². The molecule has 3 rings (SSSR count). The number of carbonyl (C=O) groups is 1. The minimum absolute atomic E-state index is 0.304. The average Bonchev–Trinajstić information content (AvgIpc) is 3.02. The molecule has 0 radical (unpaired) electrons. The fraction of sp³-hybridized carbons (Fsp3) is 0.200. The Labute approximate surface area is 162 Å². The lowest BCUT2D eigenvalue weighted by atomic mass is 10.1. The van der Waals surface area contributed by atoms with Crippen LogP contribution in [0.1, 0.15) is 34.1 Å². The number of nitrogens with zero attached hydrogens (tertiary/aromatic N) is 2. The molecule has 0 spiro atoms. The molecule has 4 nitrogen and oxygen atoms in total. The molecule has 0 N–H and O–H groups in total. The molecular weight excluding hydrogens is 371 g/mol. The molecule has 1 aromatic heterocycles. The van der Waals surface area contributed by atoms with Gasteiger partial charge in [0, 0.05) is 6.07 Å². The highest BCUT2D eigenvalue weighted by molar-refractivity contribution is 6.42. The van der Waals surface area contributed by atoms with Gasteiger partial charge in [-0.2, -0.15) is 5.10 Å². The van der Waals surface area contributed by atoms with Gasteiger partial charge >= 0.3 is 5.97 Å². The number of rotatable bonds is 4. The number of carbonyl (C=O) groups excluding carboxylic acids is 1. The summed E-state index contributed by atoms with van der Waals surface area (Å²) in [6, 6.07) is 12.4. The first-order valence-electron chi connectivity index (χ1n) is 8.23. The fourth-order valence-corrected chi connectivity index (χ4v) is 2.87. The van der Waals surface area contributed by atoms with E-state index in [1.807, 2.05) is 39.0 Å². The Hall–Kier alpha value is -2.30. The van der Waals surface area contributed by atoms with Crippen molar-refractivity contribution in [3.8, 4) is 11.6 Å². The number of hydrogen-bond donors (Lipinski definition) is 0. The van der Waals surface area contributed by atoms with Gasteiger partial charge < -0.3 is 4.74 Å². The third-order valence-electron chi connectivity index (χ3n) is 4.25. The van der Waals surface area contributed by atoms with Gasteiger partial charge in [0.2, 0.25) is 5.88 Å². The van der Waals surface area contributed by atoms with Crippen molar-refractivity contribution in [1.82, 2.24) is 9.78 Å². The van der Waals surface area contributed by atoms with Crippen LogP contribution < -0.4 is 4.74 Å². The molecule has 3 aromatic rings. The van der Waals surface area contributed by atoms with E-state index < -0.39 is 5.97 Å². The van der Waals surface area contributed by atoms with Crippen molar-refractivity contribution in [2.45, 2.75) is 27.2 Å². The predicted octanol–water partition coefficient (Wildman–Crippen LogP) is 5.58. The van der Waals surface area contributed by atoms with Crippen LogP contribution >= 0.6 is 23.2 Å². The second-order valence-electron chi connectivity index (χ2n) is 5.98. The van der Waals surface area contributed by atoms with E-state index in [9.17, 15) is 4.79 Å². The first kappa shape index (κ1) is 18.5. The standard InChI is InChI=1S/C20H18Cl2N2O2/c1-4-15-11-19(24(23-15)18-7-5-6-12(2)13(18)3)26-20(25)14-8-9-16(21)17(22)10-14/h5-11H,4H2,1-3H3. The minimum atomic E-state index is -0.516. The van der Waals surface area contributed by atoms with E-state index >= 15 is 0 Å². The SMILES string of the molecule is CCc1cc(OC(=O)c2ccc(Cl)c(Cl)c2)n(-c2cccc(C)c2C)n1. The lowest BCUT2D eigenvalue weighted by Crippen LogP contribution is -2.12. The van der Waals surface area contributed by atoms with E-state index in [4.69, 9.17) is 27.9 Å². The molecule has 0 unspecified atom stereocenters. The summed E-state index contributed by atoms with van der Waals surface area (Å²) in [5.74, 6) is -0.149. The second-order valence-corrected chi connectivity index (χ2v) is 6.79. The van der Waals surface area contributed by atoms with Gasteiger partial charge in [-0.3, -0.25) is 0 Å². The van der Waals surface area contributed by atoms with Gasteiger partial charge in [-0.15, -0.1) is 0 Å². The van der Waals surface area contributed by atoms with E-state index in [2.05, 4.69) is 5.10 Å². The maximum Gasteiger partial charge on any atom is 0.344 e. The zero-order valence-electron chi connectivity index (χ0n) is 14.7. The molecule has 0 aliphatic heterocycles. The van der Waals surface area contributed by atoms with Crippen molar-refractivity contribution >= 4 is 29.2 Å². The summed E-state index contributed by atoms with van der Waals surface area (Å²) in [5.41, 5.74) is 4.25. The number of benzene rings is 2. The zero-order valence-corrected chi connectivity index (χ0v) is 16.2. The molecule has 6 heteroatoms. The third kappa shape index (κ3) is 3.62. The molecule has 0 fully saturated rings. The Balaban J connectivity index is 1.99. The summed E-state index contributed by atoms with van der Waals surface area (Å²) < 4.78 is 7.28. The molecule has 0 saturated heterocycles. The molecule has 1 heterocycles. The van der Waals surface area contributed by atoms with Gasteiger partial charge in [-0.25, -0.2) is 9.48 Å². The molecule has 134 valence electrons. The zero-order chi connectivity index (χ0) is 18.8. The van der Waals surface area contributed by atoms with Crippen molar-refractivity contribution in [3.63, 3.8) is 0 Å². The quantitative estimate of drug-likeness (QED) is 0.548. The number of esters is 1. The molecule has 0 aliphatic rings.